The molecule has 0 amide bonds. The molecule has 2 N–H and O–H groups in total. The zero-order valence-electron chi connectivity index (χ0n) is 13.6. The Kier molecular flexibility index (Phi) is 4.81. The van der Waals surface area contributed by atoms with Crippen molar-refractivity contribution in [1.82, 2.24) is 20.2 Å². The average molecular weight is 321 g/mol. The van der Waals surface area contributed by atoms with Crippen LogP contribution in [0.4, 0.5) is 23.1 Å². The highest BCUT2D eigenvalue weighted by Crippen LogP contribution is 2.18. The topological polar surface area (TPSA) is 78.9 Å². The molecule has 2 heterocycles. The van der Waals surface area contributed by atoms with Gasteiger partial charge in [-0.25, -0.2) is 0 Å². The standard InChI is InChI=1S/C17H19N7/c1-24(2)15-7-5-14(6-8-15)21-17-22-16(12-20-23-17)19-11-13-4-3-9-18-10-13/h3-10,12H,11H2,1-2H3,(H2,19,21,22,23). The second kappa shape index (κ2) is 7.36. The maximum Gasteiger partial charge on any atom is 0.249 e. The van der Waals surface area contributed by atoms with Crippen molar-refractivity contribution >= 4 is 23.1 Å². The lowest BCUT2D eigenvalue weighted by Crippen LogP contribution is -2.08. The van der Waals surface area contributed by atoms with Gasteiger partial charge in [0, 0.05) is 44.4 Å². The number of benzene rings is 1. The van der Waals surface area contributed by atoms with Crippen molar-refractivity contribution in [3.05, 3.63) is 60.6 Å². The maximum atomic E-state index is 4.41. The average Bonchev–Trinajstić information content (AvgIpc) is 2.62. The number of aromatic nitrogens is 4. The van der Waals surface area contributed by atoms with Gasteiger partial charge in [-0.15, -0.1) is 5.10 Å². The Hall–Kier alpha value is -3.22. The number of hydrogen-bond donors (Lipinski definition) is 2. The third-order valence-corrected chi connectivity index (χ3v) is 3.40. The van der Waals surface area contributed by atoms with Gasteiger partial charge in [0.2, 0.25) is 5.95 Å². The largest absolute Gasteiger partial charge is 0.378 e. The van der Waals surface area contributed by atoms with E-state index >= 15 is 0 Å². The molecule has 0 aliphatic heterocycles. The molecular formula is C17H19N7. The summed E-state index contributed by atoms with van der Waals surface area (Å²) >= 11 is 0. The summed E-state index contributed by atoms with van der Waals surface area (Å²) in [6.45, 7) is 0.628. The first-order valence-electron chi connectivity index (χ1n) is 7.57. The van der Waals surface area contributed by atoms with E-state index < -0.39 is 0 Å². The van der Waals surface area contributed by atoms with Gasteiger partial charge in [0.15, 0.2) is 5.82 Å². The predicted molar refractivity (Wildman–Crippen MR) is 95.4 cm³/mol. The molecule has 0 aliphatic rings. The fraction of sp³-hybridized carbons (Fsp3) is 0.176. The van der Waals surface area contributed by atoms with Gasteiger partial charge in [-0.1, -0.05) is 6.07 Å². The molecule has 3 aromatic rings. The van der Waals surface area contributed by atoms with Crippen molar-refractivity contribution in [3.8, 4) is 0 Å². The van der Waals surface area contributed by atoms with E-state index in [0.717, 1.165) is 16.9 Å². The molecule has 0 unspecified atom stereocenters. The second-order valence-electron chi connectivity index (χ2n) is 5.45. The van der Waals surface area contributed by atoms with Crippen molar-refractivity contribution in [2.24, 2.45) is 0 Å². The maximum absolute atomic E-state index is 4.41. The number of anilines is 4. The van der Waals surface area contributed by atoms with Gasteiger partial charge in [0.25, 0.3) is 0 Å². The van der Waals surface area contributed by atoms with E-state index in [-0.39, 0.29) is 0 Å². The summed E-state index contributed by atoms with van der Waals surface area (Å²) in [5.74, 6) is 1.10. The van der Waals surface area contributed by atoms with Crippen LogP contribution in [0, 0.1) is 0 Å². The van der Waals surface area contributed by atoms with Crippen LogP contribution in [0.5, 0.6) is 0 Å². The quantitative estimate of drug-likeness (QED) is 0.722. The molecule has 0 atom stereocenters. The minimum atomic E-state index is 0.448. The van der Waals surface area contributed by atoms with E-state index in [4.69, 9.17) is 0 Å². The molecule has 0 saturated carbocycles. The summed E-state index contributed by atoms with van der Waals surface area (Å²) in [4.78, 5) is 10.5. The minimum absolute atomic E-state index is 0.448. The van der Waals surface area contributed by atoms with Gasteiger partial charge in [-0.2, -0.15) is 10.1 Å². The van der Waals surface area contributed by atoms with E-state index in [1.807, 2.05) is 61.6 Å². The smallest absolute Gasteiger partial charge is 0.249 e. The fourth-order valence-electron chi connectivity index (χ4n) is 2.11. The van der Waals surface area contributed by atoms with E-state index in [9.17, 15) is 0 Å². The normalized spacial score (nSPS) is 10.2. The zero-order chi connectivity index (χ0) is 16.8. The van der Waals surface area contributed by atoms with Crippen LogP contribution in [0.3, 0.4) is 0 Å². The van der Waals surface area contributed by atoms with E-state index in [1.165, 1.54) is 0 Å². The van der Waals surface area contributed by atoms with E-state index in [2.05, 4.69) is 30.8 Å². The van der Waals surface area contributed by atoms with Gasteiger partial charge in [-0.3, -0.25) is 4.98 Å². The molecule has 7 nitrogen and oxygen atoms in total. The third-order valence-electron chi connectivity index (χ3n) is 3.40. The first kappa shape index (κ1) is 15.7. The van der Waals surface area contributed by atoms with Crippen LogP contribution < -0.4 is 15.5 Å². The first-order chi connectivity index (χ1) is 11.7. The molecule has 3 rings (SSSR count). The summed E-state index contributed by atoms with van der Waals surface area (Å²) < 4.78 is 0. The number of pyridine rings is 1. The minimum Gasteiger partial charge on any atom is -0.378 e. The highest BCUT2D eigenvalue weighted by molar-refractivity contribution is 5.59. The van der Waals surface area contributed by atoms with Crippen molar-refractivity contribution in [1.29, 1.82) is 0 Å². The Bertz CT molecular complexity index is 772. The second-order valence-corrected chi connectivity index (χ2v) is 5.45. The Morgan fingerprint density at radius 3 is 2.58 bits per heavy atom. The van der Waals surface area contributed by atoms with E-state index in [1.54, 1.807) is 12.4 Å². The molecule has 0 spiro atoms. The summed E-state index contributed by atoms with van der Waals surface area (Å²) in [6.07, 6.45) is 5.16. The number of rotatable bonds is 6. The van der Waals surface area contributed by atoms with Crippen molar-refractivity contribution in [3.63, 3.8) is 0 Å². The molecule has 7 heteroatoms. The lowest BCUT2D eigenvalue weighted by atomic mass is 10.2. The monoisotopic (exact) mass is 321 g/mol. The fourth-order valence-corrected chi connectivity index (χ4v) is 2.11. The van der Waals surface area contributed by atoms with Crippen LogP contribution >= 0.6 is 0 Å². The highest BCUT2D eigenvalue weighted by Gasteiger charge is 2.02. The molecule has 24 heavy (non-hydrogen) atoms. The number of nitrogens with zero attached hydrogens (tertiary/aromatic N) is 5. The first-order valence-corrected chi connectivity index (χ1v) is 7.57. The predicted octanol–water partition coefficient (Wildman–Crippen LogP) is 2.69. The van der Waals surface area contributed by atoms with E-state index in [0.29, 0.717) is 18.3 Å². The highest BCUT2D eigenvalue weighted by atomic mass is 15.3. The molecule has 0 fully saturated rings. The Balaban J connectivity index is 1.64. The Morgan fingerprint density at radius 1 is 1.04 bits per heavy atom. The number of nitrogens with one attached hydrogen (secondary N) is 2. The van der Waals surface area contributed by atoms with Gasteiger partial charge in [-0.05, 0) is 35.9 Å². The van der Waals surface area contributed by atoms with Crippen LogP contribution in [0.25, 0.3) is 0 Å². The zero-order valence-corrected chi connectivity index (χ0v) is 13.6. The molecule has 0 aliphatic carbocycles. The molecular weight excluding hydrogens is 302 g/mol. The lowest BCUT2D eigenvalue weighted by molar-refractivity contribution is 0.964. The molecule has 0 saturated heterocycles. The van der Waals surface area contributed by atoms with Crippen LogP contribution in [0.1, 0.15) is 5.56 Å². The third kappa shape index (κ3) is 4.16. The summed E-state index contributed by atoms with van der Waals surface area (Å²) in [5.41, 5.74) is 3.11. The summed E-state index contributed by atoms with van der Waals surface area (Å²) in [6, 6.07) is 11.9. The van der Waals surface area contributed by atoms with Crippen molar-refractivity contribution < 1.29 is 0 Å². The SMILES string of the molecule is CN(C)c1ccc(Nc2nncc(NCc3cccnc3)n2)cc1. The summed E-state index contributed by atoms with van der Waals surface area (Å²) in [7, 11) is 4.01. The molecule has 122 valence electrons. The van der Waals surface area contributed by atoms with Gasteiger partial charge >= 0.3 is 0 Å². The molecule has 0 radical (unpaired) electrons. The number of hydrogen-bond acceptors (Lipinski definition) is 7. The van der Waals surface area contributed by atoms with Gasteiger partial charge < -0.3 is 15.5 Å². The lowest BCUT2D eigenvalue weighted by Gasteiger charge is -2.13. The van der Waals surface area contributed by atoms with Gasteiger partial charge in [0.1, 0.15) is 0 Å². The van der Waals surface area contributed by atoms with Crippen LogP contribution in [0.2, 0.25) is 0 Å². The van der Waals surface area contributed by atoms with Crippen molar-refractivity contribution in [2.45, 2.75) is 6.54 Å². The van der Waals surface area contributed by atoms with Crippen LogP contribution in [0.15, 0.2) is 55.0 Å². The van der Waals surface area contributed by atoms with Gasteiger partial charge in [0.05, 0.1) is 6.20 Å². The molecule has 0 bridgehead atoms. The molecule has 1 aromatic carbocycles. The van der Waals surface area contributed by atoms with Crippen molar-refractivity contribution in [2.75, 3.05) is 29.6 Å². The molecule has 2 aromatic heterocycles. The summed E-state index contributed by atoms with van der Waals surface area (Å²) in [5, 5.41) is 14.4. The Morgan fingerprint density at radius 2 is 1.88 bits per heavy atom. The van der Waals surface area contributed by atoms with Crippen LogP contribution in [-0.4, -0.2) is 34.3 Å². The Labute approximate surface area is 140 Å². The van der Waals surface area contributed by atoms with Crippen LogP contribution in [-0.2, 0) is 6.54 Å².